The summed E-state index contributed by atoms with van der Waals surface area (Å²) < 4.78 is 2.05. The van der Waals surface area contributed by atoms with Gasteiger partial charge in [0.25, 0.3) is 0 Å². The van der Waals surface area contributed by atoms with Crippen molar-refractivity contribution < 1.29 is 0 Å². The van der Waals surface area contributed by atoms with E-state index in [1.807, 2.05) is 23.2 Å². The molecule has 1 atom stereocenters. The van der Waals surface area contributed by atoms with Crippen LogP contribution in [0, 0.1) is 0 Å². The van der Waals surface area contributed by atoms with E-state index >= 15 is 0 Å². The average Bonchev–Trinajstić information content (AvgIpc) is 2.35. The van der Waals surface area contributed by atoms with Gasteiger partial charge in [-0.3, -0.25) is 0 Å². The van der Waals surface area contributed by atoms with Gasteiger partial charge in [0.15, 0.2) is 0 Å². The quantitative estimate of drug-likeness (QED) is 0.507. The summed E-state index contributed by atoms with van der Waals surface area (Å²) in [4.78, 5) is 4.18. The highest BCUT2D eigenvalue weighted by atomic mass is 15.1. The van der Waals surface area contributed by atoms with E-state index in [0.29, 0.717) is 5.92 Å². The van der Waals surface area contributed by atoms with E-state index in [2.05, 4.69) is 18.0 Å². The molecule has 0 amide bonds. The van der Waals surface area contributed by atoms with Crippen molar-refractivity contribution >= 4 is 6.20 Å². The third-order valence-corrected chi connectivity index (χ3v) is 1.64. The normalized spacial score (nSPS) is 22.6. The third kappa shape index (κ3) is 0.529. The molecule has 0 N–H and O–H groups in total. The zero-order chi connectivity index (χ0) is 6.27. The van der Waals surface area contributed by atoms with Crippen LogP contribution in [0.25, 0.3) is 6.20 Å². The standard InChI is InChI=1S/C7H8N2/c1-6-2-4-9-5-3-8-7(6)9/h2-6H,1H3. The van der Waals surface area contributed by atoms with Gasteiger partial charge in [0.05, 0.1) is 0 Å². The van der Waals surface area contributed by atoms with Gasteiger partial charge in [-0.1, -0.05) is 13.0 Å². The van der Waals surface area contributed by atoms with Crippen LogP contribution < -0.4 is 0 Å². The van der Waals surface area contributed by atoms with E-state index in [0.717, 1.165) is 5.82 Å². The van der Waals surface area contributed by atoms with Crippen molar-refractivity contribution in [2.75, 3.05) is 0 Å². The van der Waals surface area contributed by atoms with Crippen LogP contribution in [-0.2, 0) is 0 Å². The minimum absolute atomic E-state index is 0.500. The first-order valence-electron chi connectivity index (χ1n) is 3.09. The molecule has 2 rings (SSSR count). The zero-order valence-corrected chi connectivity index (χ0v) is 5.28. The molecule has 0 fully saturated rings. The minimum atomic E-state index is 0.500. The number of hydrogen-bond donors (Lipinski definition) is 0. The number of allylic oxidation sites excluding steroid dienone is 1. The lowest BCUT2D eigenvalue weighted by Crippen LogP contribution is -1.90. The molecular formula is C7H8N2. The van der Waals surface area contributed by atoms with E-state index in [9.17, 15) is 0 Å². The van der Waals surface area contributed by atoms with E-state index < -0.39 is 0 Å². The van der Waals surface area contributed by atoms with Gasteiger partial charge >= 0.3 is 0 Å². The molecule has 46 valence electrons. The number of rotatable bonds is 0. The first-order chi connectivity index (χ1) is 4.38. The second-order valence-corrected chi connectivity index (χ2v) is 2.32. The van der Waals surface area contributed by atoms with Crippen molar-refractivity contribution in [2.45, 2.75) is 12.8 Å². The molecule has 1 aromatic rings. The number of fused-ring (bicyclic) bond motifs is 1. The van der Waals surface area contributed by atoms with Crippen molar-refractivity contribution in [3.05, 3.63) is 24.3 Å². The predicted octanol–water partition coefficient (Wildman–Crippen LogP) is 1.47. The highest BCUT2D eigenvalue weighted by Crippen LogP contribution is 2.20. The molecule has 2 nitrogen and oxygen atoms in total. The minimum Gasteiger partial charge on any atom is -0.310 e. The first kappa shape index (κ1) is 4.79. The molecular weight excluding hydrogens is 112 g/mol. The van der Waals surface area contributed by atoms with Crippen LogP contribution in [0.4, 0.5) is 0 Å². The predicted molar refractivity (Wildman–Crippen MR) is 36.0 cm³/mol. The van der Waals surface area contributed by atoms with Crippen LogP contribution in [-0.4, -0.2) is 9.55 Å². The molecule has 9 heavy (non-hydrogen) atoms. The molecule has 0 aromatic carbocycles. The van der Waals surface area contributed by atoms with Crippen molar-refractivity contribution in [2.24, 2.45) is 0 Å². The molecule has 0 saturated carbocycles. The molecule has 0 radical (unpaired) electrons. The monoisotopic (exact) mass is 120 g/mol. The molecule has 1 aliphatic heterocycles. The fourth-order valence-electron chi connectivity index (χ4n) is 1.11. The maximum atomic E-state index is 4.18. The van der Waals surface area contributed by atoms with Crippen LogP contribution >= 0.6 is 0 Å². The van der Waals surface area contributed by atoms with Crippen LogP contribution in [0.5, 0.6) is 0 Å². The summed E-state index contributed by atoms with van der Waals surface area (Å²) >= 11 is 0. The van der Waals surface area contributed by atoms with Gasteiger partial charge < -0.3 is 4.57 Å². The Labute approximate surface area is 53.8 Å². The van der Waals surface area contributed by atoms with Gasteiger partial charge in [-0.25, -0.2) is 4.98 Å². The Morgan fingerprint density at radius 2 is 2.56 bits per heavy atom. The van der Waals surface area contributed by atoms with Gasteiger partial charge in [-0.05, 0) is 0 Å². The summed E-state index contributed by atoms with van der Waals surface area (Å²) in [6, 6.07) is 0. The largest absolute Gasteiger partial charge is 0.310 e. The van der Waals surface area contributed by atoms with Gasteiger partial charge in [0, 0.05) is 24.5 Å². The van der Waals surface area contributed by atoms with E-state index in [-0.39, 0.29) is 0 Å². The van der Waals surface area contributed by atoms with Gasteiger partial charge in [-0.15, -0.1) is 0 Å². The van der Waals surface area contributed by atoms with Crippen molar-refractivity contribution in [3.8, 4) is 0 Å². The summed E-state index contributed by atoms with van der Waals surface area (Å²) in [5.74, 6) is 1.65. The Morgan fingerprint density at radius 1 is 1.67 bits per heavy atom. The fraction of sp³-hybridized carbons (Fsp3) is 0.286. The summed E-state index contributed by atoms with van der Waals surface area (Å²) in [6.07, 6.45) is 7.99. The van der Waals surface area contributed by atoms with Gasteiger partial charge in [-0.2, -0.15) is 0 Å². The molecule has 2 heteroatoms. The summed E-state index contributed by atoms with van der Waals surface area (Å²) in [6.45, 7) is 2.14. The first-order valence-corrected chi connectivity index (χ1v) is 3.09. The number of aromatic nitrogens is 2. The molecule has 1 aliphatic rings. The Kier molecular flexibility index (Phi) is 0.781. The molecule has 2 heterocycles. The molecule has 0 spiro atoms. The van der Waals surface area contributed by atoms with Gasteiger partial charge in [0.1, 0.15) is 5.82 Å². The number of imidazole rings is 1. The highest BCUT2D eigenvalue weighted by Gasteiger charge is 2.11. The van der Waals surface area contributed by atoms with Crippen molar-refractivity contribution in [1.82, 2.24) is 9.55 Å². The van der Waals surface area contributed by atoms with E-state index in [1.165, 1.54) is 0 Å². The smallest absolute Gasteiger partial charge is 0.119 e. The summed E-state index contributed by atoms with van der Waals surface area (Å²) in [7, 11) is 0. The second kappa shape index (κ2) is 1.47. The second-order valence-electron chi connectivity index (χ2n) is 2.32. The molecule has 0 saturated heterocycles. The van der Waals surface area contributed by atoms with Crippen LogP contribution in [0.3, 0.4) is 0 Å². The SMILES string of the molecule is CC1C=Cn2ccnc21. The lowest BCUT2D eigenvalue weighted by molar-refractivity contribution is 0.874. The van der Waals surface area contributed by atoms with E-state index in [4.69, 9.17) is 0 Å². The average molecular weight is 120 g/mol. The van der Waals surface area contributed by atoms with Crippen molar-refractivity contribution in [3.63, 3.8) is 0 Å². The third-order valence-electron chi connectivity index (χ3n) is 1.64. The number of hydrogen-bond acceptors (Lipinski definition) is 1. The molecule has 0 aliphatic carbocycles. The zero-order valence-electron chi connectivity index (χ0n) is 5.28. The summed E-state index contributed by atoms with van der Waals surface area (Å²) in [5.41, 5.74) is 0. The Balaban J connectivity index is 2.60. The van der Waals surface area contributed by atoms with Crippen molar-refractivity contribution in [1.29, 1.82) is 0 Å². The highest BCUT2D eigenvalue weighted by molar-refractivity contribution is 5.36. The van der Waals surface area contributed by atoms with Crippen LogP contribution in [0.1, 0.15) is 18.7 Å². The lowest BCUT2D eigenvalue weighted by Gasteiger charge is -1.94. The van der Waals surface area contributed by atoms with Gasteiger partial charge in [0.2, 0.25) is 0 Å². The van der Waals surface area contributed by atoms with Crippen LogP contribution in [0.15, 0.2) is 18.5 Å². The molecule has 1 aromatic heterocycles. The Hall–Kier alpha value is -1.05. The lowest BCUT2D eigenvalue weighted by atomic mass is 10.2. The number of nitrogens with zero attached hydrogens (tertiary/aromatic N) is 2. The molecule has 1 unspecified atom stereocenters. The fourth-order valence-corrected chi connectivity index (χ4v) is 1.11. The van der Waals surface area contributed by atoms with E-state index in [1.54, 1.807) is 0 Å². The Bertz CT molecular complexity index is 247. The maximum Gasteiger partial charge on any atom is 0.119 e. The molecule has 0 bridgehead atoms. The topological polar surface area (TPSA) is 17.8 Å². The summed E-state index contributed by atoms with van der Waals surface area (Å²) in [5, 5.41) is 0. The Morgan fingerprint density at radius 3 is 3.33 bits per heavy atom. The van der Waals surface area contributed by atoms with Crippen LogP contribution in [0.2, 0.25) is 0 Å². The maximum absolute atomic E-state index is 4.18.